The summed E-state index contributed by atoms with van der Waals surface area (Å²) in [6.07, 6.45) is 2.23. The Bertz CT molecular complexity index is 1560. The van der Waals surface area contributed by atoms with E-state index >= 15 is 0 Å². The van der Waals surface area contributed by atoms with Crippen molar-refractivity contribution in [2.24, 2.45) is 5.73 Å². The summed E-state index contributed by atoms with van der Waals surface area (Å²) in [5, 5.41) is 7.61. The molecule has 0 aliphatic rings. The van der Waals surface area contributed by atoms with Gasteiger partial charge in [0.05, 0.1) is 36.7 Å². The van der Waals surface area contributed by atoms with E-state index in [-0.39, 0.29) is 11.3 Å². The standard InChI is InChI=1S/C29H32N4O5S/c1-4-21-20(15-31-14-18-8-10-19(11-9-18)17-39(35)36)6-5-7-24(21)33-28-22-12-26(37-2)27(38-3)13-25(22)32-16-23(28)29(30)34/h5-13,16,31,39H,4,14-15,17H2,1-3H3,(H2,30,34)(H,32,33). The number of benzene rings is 3. The number of hydrogen-bond donors (Lipinski definition) is 4. The second kappa shape index (κ2) is 12.6. The van der Waals surface area contributed by atoms with E-state index in [9.17, 15) is 13.2 Å². The Balaban J connectivity index is 1.61. The van der Waals surface area contributed by atoms with Crippen LogP contribution in [0, 0.1) is 0 Å². The molecule has 0 spiro atoms. The Morgan fingerprint density at radius 1 is 0.974 bits per heavy atom. The van der Waals surface area contributed by atoms with Gasteiger partial charge < -0.3 is 25.8 Å². The smallest absolute Gasteiger partial charge is 0.252 e. The van der Waals surface area contributed by atoms with Crippen molar-refractivity contribution < 1.29 is 22.7 Å². The zero-order valence-electron chi connectivity index (χ0n) is 22.1. The fourth-order valence-corrected chi connectivity index (χ4v) is 5.07. The van der Waals surface area contributed by atoms with Gasteiger partial charge in [-0.1, -0.05) is 43.3 Å². The highest BCUT2D eigenvalue weighted by Gasteiger charge is 2.18. The Morgan fingerprint density at radius 2 is 1.67 bits per heavy atom. The number of aromatic nitrogens is 1. The van der Waals surface area contributed by atoms with Crippen molar-refractivity contribution >= 4 is 38.9 Å². The molecule has 3 aromatic carbocycles. The van der Waals surface area contributed by atoms with Crippen molar-refractivity contribution in [3.05, 3.63) is 88.6 Å². The summed E-state index contributed by atoms with van der Waals surface area (Å²) in [4.78, 5) is 16.8. The average molecular weight is 549 g/mol. The van der Waals surface area contributed by atoms with Crippen molar-refractivity contribution in [2.75, 3.05) is 19.5 Å². The van der Waals surface area contributed by atoms with Gasteiger partial charge in [-0.25, -0.2) is 8.42 Å². The number of hydrogen-bond acceptors (Lipinski definition) is 8. The maximum atomic E-state index is 12.4. The third kappa shape index (κ3) is 6.47. The fraction of sp³-hybridized carbons (Fsp3) is 0.241. The van der Waals surface area contributed by atoms with Crippen LogP contribution in [0.4, 0.5) is 11.4 Å². The van der Waals surface area contributed by atoms with E-state index in [0.29, 0.717) is 41.2 Å². The number of nitrogens with one attached hydrogen (secondary N) is 2. The molecule has 0 fully saturated rings. The van der Waals surface area contributed by atoms with Gasteiger partial charge in [0.1, 0.15) is 10.7 Å². The second-order valence-electron chi connectivity index (χ2n) is 8.97. The molecule has 0 unspecified atom stereocenters. The minimum Gasteiger partial charge on any atom is -0.493 e. The predicted molar refractivity (Wildman–Crippen MR) is 153 cm³/mol. The van der Waals surface area contributed by atoms with Gasteiger partial charge >= 0.3 is 0 Å². The molecule has 1 heterocycles. The Kier molecular flexibility index (Phi) is 9.00. The molecule has 204 valence electrons. The largest absolute Gasteiger partial charge is 0.493 e. The number of pyridine rings is 1. The van der Waals surface area contributed by atoms with E-state index in [4.69, 9.17) is 15.2 Å². The Labute approximate surface area is 229 Å². The first-order valence-corrected chi connectivity index (χ1v) is 13.8. The van der Waals surface area contributed by atoms with Crippen LogP contribution >= 0.6 is 0 Å². The number of amides is 1. The highest BCUT2D eigenvalue weighted by atomic mass is 32.2. The number of fused-ring (bicyclic) bond motifs is 1. The van der Waals surface area contributed by atoms with Gasteiger partial charge in [0.2, 0.25) is 0 Å². The molecule has 0 radical (unpaired) electrons. The van der Waals surface area contributed by atoms with E-state index in [1.165, 1.54) is 6.20 Å². The summed E-state index contributed by atoms with van der Waals surface area (Å²) in [5.41, 5.74) is 12.1. The van der Waals surface area contributed by atoms with Crippen molar-refractivity contribution in [3.63, 3.8) is 0 Å². The number of ether oxygens (including phenoxy) is 2. The second-order valence-corrected chi connectivity index (χ2v) is 9.95. The highest BCUT2D eigenvalue weighted by molar-refractivity contribution is 7.71. The summed E-state index contributed by atoms with van der Waals surface area (Å²) in [6.45, 7) is 3.34. The molecule has 1 aromatic heterocycles. The molecule has 1 amide bonds. The lowest BCUT2D eigenvalue weighted by Crippen LogP contribution is -2.16. The number of thiol groups is 1. The van der Waals surface area contributed by atoms with Crippen LogP contribution in [0.2, 0.25) is 0 Å². The zero-order valence-corrected chi connectivity index (χ0v) is 23.0. The molecular weight excluding hydrogens is 516 g/mol. The molecule has 0 atom stereocenters. The third-order valence-electron chi connectivity index (χ3n) is 6.50. The summed E-state index contributed by atoms with van der Waals surface area (Å²) in [6, 6.07) is 17.1. The first-order chi connectivity index (χ1) is 18.8. The molecular formula is C29H32N4O5S. The van der Waals surface area contributed by atoms with Crippen LogP contribution in [0.3, 0.4) is 0 Å². The van der Waals surface area contributed by atoms with Gasteiger partial charge in [0.25, 0.3) is 5.91 Å². The van der Waals surface area contributed by atoms with Crippen LogP contribution in [0.1, 0.15) is 39.5 Å². The first kappa shape index (κ1) is 27.9. The highest BCUT2D eigenvalue weighted by Crippen LogP contribution is 2.37. The number of carbonyl (C=O) groups excluding carboxylic acids is 1. The number of nitrogens with zero attached hydrogens (tertiary/aromatic N) is 1. The summed E-state index contributed by atoms with van der Waals surface area (Å²) >= 11 is 0. The number of anilines is 2. The Morgan fingerprint density at radius 3 is 2.31 bits per heavy atom. The molecule has 0 saturated heterocycles. The third-order valence-corrected chi connectivity index (χ3v) is 7.13. The van der Waals surface area contributed by atoms with Crippen LogP contribution in [0.25, 0.3) is 10.9 Å². The van der Waals surface area contributed by atoms with Gasteiger partial charge in [-0.15, -0.1) is 0 Å². The normalized spacial score (nSPS) is 11.1. The van der Waals surface area contributed by atoms with Crippen LogP contribution in [-0.2, 0) is 36.0 Å². The van der Waals surface area contributed by atoms with Gasteiger partial charge in [0, 0.05) is 36.4 Å². The minimum absolute atomic E-state index is 0.0489. The van der Waals surface area contributed by atoms with Crippen molar-refractivity contribution in [2.45, 2.75) is 32.2 Å². The average Bonchev–Trinajstić information content (AvgIpc) is 2.93. The van der Waals surface area contributed by atoms with Gasteiger partial charge in [-0.3, -0.25) is 9.78 Å². The number of primary amides is 1. The molecule has 39 heavy (non-hydrogen) atoms. The quantitative estimate of drug-likeness (QED) is 0.195. The zero-order chi connectivity index (χ0) is 27.9. The molecule has 4 N–H and O–H groups in total. The molecule has 0 aliphatic heterocycles. The molecule has 4 rings (SSSR count). The predicted octanol–water partition coefficient (Wildman–Crippen LogP) is 4.06. The maximum absolute atomic E-state index is 12.4. The lowest BCUT2D eigenvalue weighted by molar-refractivity contribution is 0.100. The van der Waals surface area contributed by atoms with Gasteiger partial charge in [-0.05, 0) is 40.8 Å². The summed E-state index contributed by atoms with van der Waals surface area (Å²) < 4.78 is 32.8. The molecule has 4 aromatic rings. The van der Waals surface area contributed by atoms with Gasteiger partial charge in [-0.2, -0.15) is 0 Å². The lowest BCUT2D eigenvalue weighted by Gasteiger charge is -2.19. The van der Waals surface area contributed by atoms with Crippen LogP contribution in [0.5, 0.6) is 11.5 Å². The molecule has 0 aliphatic carbocycles. The fourth-order valence-electron chi connectivity index (χ4n) is 4.56. The molecule has 0 saturated carbocycles. The number of nitrogens with two attached hydrogens (primary N) is 1. The van der Waals surface area contributed by atoms with E-state index < -0.39 is 16.6 Å². The van der Waals surface area contributed by atoms with E-state index in [1.54, 1.807) is 26.4 Å². The monoisotopic (exact) mass is 548 g/mol. The minimum atomic E-state index is -2.44. The lowest BCUT2D eigenvalue weighted by atomic mass is 10.0. The first-order valence-electron chi connectivity index (χ1n) is 12.5. The van der Waals surface area contributed by atoms with E-state index in [1.807, 2.05) is 36.4 Å². The number of methoxy groups -OCH3 is 2. The number of carbonyl (C=O) groups is 1. The van der Waals surface area contributed by atoms with Crippen molar-refractivity contribution in [3.8, 4) is 11.5 Å². The van der Waals surface area contributed by atoms with Crippen LogP contribution < -0.4 is 25.8 Å². The maximum Gasteiger partial charge on any atom is 0.252 e. The summed E-state index contributed by atoms with van der Waals surface area (Å²) in [7, 11) is 0.671. The Hall–Kier alpha value is -4.15. The molecule has 9 nitrogen and oxygen atoms in total. The number of rotatable bonds is 12. The van der Waals surface area contributed by atoms with E-state index in [0.717, 1.165) is 34.4 Å². The van der Waals surface area contributed by atoms with Crippen LogP contribution in [0.15, 0.2) is 60.8 Å². The van der Waals surface area contributed by atoms with Gasteiger partial charge in [0.15, 0.2) is 11.5 Å². The SMILES string of the molecule is CCc1c(CNCc2ccc(C[SH](=O)=O)cc2)cccc1Nc1c(C(N)=O)cnc2cc(OC)c(OC)cc12. The molecule has 0 bridgehead atoms. The van der Waals surface area contributed by atoms with E-state index in [2.05, 4.69) is 28.6 Å². The van der Waals surface area contributed by atoms with Crippen molar-refractivity contribution in [1.82, 2.24) is 10.3 Å². The topological polar surface area (TPSA) is 133 Å². The molecule has 10 heteroatoms. The summed E-state index contributed by atoms with van der Waals surface area (Å²) in [5.74, 6) is 0.506. The van der Waals surface area contributed by atoms with Crippen LogP contribution in [-0.4, -0.2) is 33.5 Å². The van der Waals surface area contributed by atoms with Crippen molar-refractivity contribution in [1.29, 1.82) is 0 Å².